The van der Waals surface area contributed by atoms with Gasteiger partial charge >= 0.3 is 5.97 Å². The van der Waals surface area contributed by atoms with Crippen molar-refractivity contribution in [1.82, 2.24) is 4.98 Å². The highest BCUT2D eigenvalue weighted by atomic mass is 19.1. The van der Waals surface area contributed by atoms with Gasteiger partial charge in [-0.25, -0.2) is 9.18 Å². The Hall–Kier alpha value is -3.15. The van der Waals surface area contributed by atoms with Crippen molar-refractivity contribution < 1.29 is 23.5 Å². The third kappa shape index (κ3) is 3.24. The van der Waals surface area contributed by atoms with E-state index in [1.807, 2.05) is 18.2 Å². The Bertz CT molecular complexity index is 948. The summed E-state index contributed by atoms with van der Waals surface area (Å²) in [5, 5.41) is 0.742. The van der Waals surface area contributed by atoms with Crippen molar-refractivity contribution in [2.24, 2.45) is 0 Å². The average Bonchev–Trinajstić information content (AvgIpc) is 3.04. The molecular weight excluding hydrogens is 325 g/mol. The molecule has 3 aromatic rings. The van der Waals surface area contributed by atoms with Gasteiger partial charge in [-0.3, -0.25) is 4.79 Å². The number of hydrogen-bond donors (Lipinski definition) is 1. The lowest BCUT2D eigenvalue weighted by Crippen LogP contribution is -2.24. The molecule has 0 unspecified atom stereocenters. The lowest BCUT2D eigenvalue weighted by molar-refractivity contribution is 0.0315. The van der Waals surface area contributed by atoms with E-state index in [0.29, 0.717) is 5.56 Å². The molecule has 0 radical (unpaired) electrons. The monoisotopic (exact) mass is 341 g/mol. The minimum atomic E-state index is -1.05. The predicted octanol–water partition coefficient (Wildman–Crippen LogP) is 3.74. The van der Waals surface area contributed by atoms with Crippen molar-refractivity contribution in [3.63, 3.8) is 0 Å². The number of aromatic amines is 1. The van der Waals surface area contributed by atoms with Crippen LogP contribution in [0.1, 0.15) is 27.6 Å². The second-order valence-electron chi connectivity index (χ2n) is 5.51. The summed E-state index contributed by atoms with van der Waals surface area (Å²) in [6.07, 6.45) is 0.527. The number of nitrogens with one attached hydrogen (secondary N) is 1. The van der Waals surface area contributed by atoms with Gasteiger partial charge in [0, 0.05) is 28.7 Å². The number of Topliss-reactive ketones (excluding diaryl/α,β-unsaturated/α-hetero) is 1. The Morgan fingerprint density at radius 1 is 1.12 bits per heavy atom. The smallest absolute Gasteiger partial charge is 0.341 e. The van der Waals surface area contributed by atoms with E-state index in [9.17, 15) is 14.0 Å². The topological polar surface area (TPSA) is 68.4 Å². The molecule has 0 spiro atoms. The van der Waals surface area contributed by atoms with Crippen LogP contribution in [0.4, 0.5) is 4.39 Å². The van der Waals surface area contributed by atoms with Crippen molar-refractivity contribution in [3.8, 4) is 5.75 Å². The summed E-state index contributed by atoms with van der Waals surface area (Å²) < 4.78 is 24.0. The van der Waals surface area contributed by atoms with Crippen LogP contribution in [0, 0.1) is 5.82 Å². The molecule has 1 heterocycles. The third-order valence-corrected chi connectivity index (χ3v) is 3.90. The summed E-state index contributed by atoms with van der Waals surface area (Å²) in [7, 11) is 1.40. The van der Waals surface area contributed by atoms with Crippen molar-refractivity contribution in [3.05, 3.63) is 65.6 Å². The Morgan fingerprint density at radius 3 is 2.60 bits per heavy atom. The van der Waals surface area contributed by atoms with Crippen LogP contribution in [0.3, 0.4) is 0 Å². The number of esters is 1. The largest absolute Gasteiger partial charge is 0.497 e. The van der Waals surface area contributed by atoms with E-state index in [1.165, 1.54) is 26.2 Å². The summed E-state index contributed by atoms with van der Waals surface area (Å²) >= 11 is 0. The predicted molar refractivity (Wildman–Crippen MR) is 90.5 cm³/mol. The zero-order valence-corrected chi connectivity index (χ0v) is 13.7. The van der Waals surface area contributed by atoms with Crippen LogP contribution >= 0.6 is 0 Å². The van der Waals surface area contributed by atoms with Gasteiger partial charge in [-0.1, -0.05) is 18.2 Å². The second-order valence-corrected chi connectivity index (χ2v) is 5.51. The first-order valence-corrected chi connectivity index (χ1v) is 7.66. The number of para-hydroxylation sites is 1. The Labute approximate surface area is 143 Å². The number of rotatable bonds is 5. The maximum Gasteiger partial charge on any atom is 0.341 e. The fourth-order valence-electron chi connectivity index (χ4n) is 2.56. The normalized spacial score (nSPS) is 12.0. The maximum absolute atomic E-state index is 13.9. The Kier molecular flexibility index (Phi) is 4.52. The molecule has 3 rings (SSSR count). The molecule has 0 aliphatic carbocycles. The zero-order valence-electron chi connectivity index (χ0n) is 13.7. The van der Waals surface area contributed by atoms with Crippen molar-refractivity contribution in [2.75, 3.05) is 7.11 Å². The number of hydrogen-bond acceptors (Lipinski definition) is 4. The number of halogens is 1. The second kappa shape index (κ2) is 6.76. The summed E-state index contributed by atoms with van der Waals surface area (Å²) in [6.45, 7) is 1.46. The van der Waals surface area contributed by atoms with Gasteiger partial charge in [0.05, 0.1) is 12.7 Å². The van der Waals surface area contributed by atoms with Crippen LogP contribution in [0.15, 0.2) is 48.7 Å². The number of carbonyl (C=O) groups excluding carboxylic acids is 2. The lowest BCUT2D eigenvalue weighted by atomic mass is 10.1. The number of benzene rings is 2. The number of fused-ring (bicyclic) bond motifs is 1. The molecule has 0 saturated carbocycles. The Morgan fingerprint density at radius 2 is 1.88 bits per heavy atom. The first-order valence-electron chi connectivity index (χ1n) is 7.66. The molecule has 0 fully saturated rings. The van der Waals surface area contributed by atoms with Gasteiger partial charge < -0.3 is 14.5 Å². The van der Waals surface area contributed by atoms with E-state index in [2.05, 4.69) is 4.98 Å². The van der Waals surface area contributed by atoms with Crippen LogP contribution in [0.2, 0.25) is 0 Å². The van der Waals surface area contributed by atoms with Gasteiger partial charge in [0.1, 0.15) is 11.6 Å². The molecule has 1 atom stereocenters. The zero-order chi connectivity index (χ0) is 18.0. The fraction of sp³-hybridized carbons (Fsp3) is 0.158. The van der Waals surface area contributed by atoms with Gasteiger partial charge in [-0.15, -0.1) is 0 Å². The van der Waals surface area contributed by atoms with Gasteiger partial charge in [-0.05, 0) is 25.1 Å². The van der Waals surface area contributed by atoms with E-state index < -0.39 is 17.9 Å². The van der Waals surface area contributed by atoms with E-state index in [-0.39, 0.29) is 17.1 Å². The van der Waals surface area contributed by atoms with E-state index in [4.69, 9.17) is 9.47 Å². The number of ketones is 1. The minimum absolute atomic E-state index is 0.251. The summed E-state index contributed by atoms with van der Waals surface area (Å²) in [5.74, 6) is -1.74. The number of H-pyrrole nitrogens is 1. The van der Waals surface area contributed by atoms with E-state index >= 15 is 0 Å². The molecule has 25 heavy (non-hydrogen) atoms. The van der Waals surface area contributed by atoms with Crippen LogP contribution in [0.5, 0.6) is 5.75 Å². The highest BCUT2D eigenvalue weighted by Crippen LogP contribution is 2.21. The minimum Gasteiger partial charge on any atom is -0.497 e. The van der Waals surface area contributed by atoms with Gasteiger partial charge in [0.25, 0.3) is 0 Å². The molecule has 0 amide bonds. The Balaban J connectivity index is 1.78. The maximum atomic E-state index is 13.9. The first-order chi connectivity index (χ1) is 12.0. The molecule has 2 aromatic carbocycles. The van der Waals surface area contributed by atoms with Crippen molar-refractivity contribution in [1.29, 1.82) is 0 Å². The molecule has 0 saturated heterocycles. The average molecular weight is 341 g/mol. The van der Waals surface area contributed by atoms with E-state index in [1.54, 1.807) is 12.3 Å². The van der Waals surface area contributed by atoms with Gasteiger partial charge in [-0.2, -0.15) is 0 Å². The molecule has 0 bridgehead atoms. The van der Waals surface area contributed by atoms with Gasteiger partial charge in [0.15, 0.2) is 6.10 Å². The van der Waals surface area contributed by atoms with Crippen LogP contribution in [-0.2, 0) is 4.74 Å². The SMILES string of the molecule is COc1ccc(C(=O)O[C@@H](C)C(=O)c2c[nH]c3ccccc23)c(F)c1. The molecular formula is C19H16FNO4. The molecule has 5 nitrogen and oxygen atoms in total. The number of ether oxygens (including phenoxy) is 2. The quantitative estimate of drug-likeness (QED) is 0.567. The highest BCUT2D eigenvalue weighted by Gasteiger charge is 2.24. The molecule has 1 aromatic heterocycles. The lowest BCUT2D eigenvalue weighted by Gasteiger charge is -2.12. The summed E-state index contributed by atoms with van der Waals surface area (Å²) in [5.41, 5.74) is 0.982. The number of methoxy groups -OCH3 is 1. The van der Waals surface area contributed by atoms with Crippen molar-refractivity contribution >= 4 is 22.7 Å². The highest BCUT2D eigenvalue weighted by molar-refractivity contribution is 6.10. The molecule has 0 aliphatic rings. The van der Waals surface area contributed by atoms with Crippen molar-refractivity contribution in [2.45, 2.75) is 13.0 Å². The van der Waals surface area contributed by atoms with Gasteiger partial charge in [0.2, 0.25) is 5.78 Å². The molecule has 0 aliphatic heterocycles. The fourth-order valence-corrected chi connectivity index (χ4v) is 2.56. The standard InChI is InChI=1S/C19H16FNO4/c1-11(18(22)15-10-21-17-6-4-3-5-13(15)17)25-19(23)14-8-7-12(24-2)9-16(14)20/h3-11,21H,1-2H3/t11-/m0/s1. The number of carbonyl (C=O) groups is 2. The third-order valence-electron chi connectivity index (χ3n) is 3.90. The van der Waals surface area contributed by atoms with Crippen LogP contribution < -0.4 is 4.74 Å². The number of aromatic nitrogens is 1. The molecule has 128 valence electrons. The molecule has 1 N–H and O–H groups in total. The summed E-state index contributed by atoms with van der Waals surface area (Å²) in [4.78, 5) is 27.7. The van der Waals surface area contributed by atoms with E-state index in [0.717, 1.165) is 17.0 Å². The first kappa shape index (κ1) is 16.7. The molecule has 6 heteroatoms. The summed E-state index contributed by atoms with van der Waals surface area (Å²) in [6, 6.07) is 11.1. The van der Waals surface area contributed by atoms with Crippen LogP contribution in [-0.4, -0.2) is 30.0 Å². The van der Waals surface area contributed by atoms with Crippen LogP contribution in [0.25, 0.3) is 10.9 Å².